The first-order valence-corrected chi connectivity index (χ1v) is 11.7. The smallest absolute Gasteiger partial charge is 0.344 e. The SMILES string of the molecule is COc1ccc(NC(=O)[C@@H]2Oc3c(c(=O)oc4ccccc34)[C@H]2c2cc(OC)c3c(c2)OCCO3)cc1. The van der Waals surface area contributed by atoms with Crippen LogP contribution in [0.25, 0.3) is 11.0 Å². The number of carbonyl (C=O) groups excluding carboxylic acids is 1. The Morgan fingerprint density at radius 2 is 1.73 bits per heavy atom. The van der Waals surface area contributed by atoms with Crippen LogP contribution >= 0.6 is 0 Å². The number of anilines is 1. The Balaban J connectivity index is 1.48. The first-order chi connectivity index (χ1) is 18.1. The summed E-state index contributed by atoms with van der Waals surface area (Å²) in [5.74, 6) is 1.13. The predicted octanol–water partition coefficient (Wildman–Crippen LogP) is 4.11. The number of benzene rings is 3. The summed E-state index contributed by atoms with van der Waals surface area (Å²) >= 11 is 0. The lowest BCUT2D eigenvalue weighted by Crippen LogP contribution is -2.35. The summed E-state index contributed by atoms with van der Waals surface area (Å²) in [6.45, 7) is 0.756. The molecule has 0 saturated heterocycles. The maximum Gasteiger partial charge on any atom is 0.344 e. The standard InChI is InChI=1S/C28H23NO8/c1-32-17-9-7-16(8-10-17)29-27(30)26-22(15-13-20(33-2)25-21(14-15)34-11-12-35-25)23-24(37-26)18-5-3-4-6-19(18)36-28(23)31/h3-10,13-14,22,26H,11-12H2,1-2H3,(H,29,30)/t22-,26-/m1/s1. The molecular weight excluding hydrogens is 478 g/mol. The Kier molecular flexibility index (Phi) is 5.60. The Hall–Kier alpha value is -4.66. The first kappa shape index (κ1) is 22.8. The number of rotatable bonds is 5. The fraction of sp³-hybridized carbons (Fsp3) is 0.214. The average molecular weight is 501 g/mol. The van der Waals surface area contributed by atoms with Crippen molar-refractivity contribution in [2.75, 3.05) is 32.8 Å². The molecule has 0 fully saturated rings. The van der Waals surface area contributed by atoms with Crippen molar-refractivity contribution in [1.82, 2.24) is 0 Å². The van der Waals surface area contributed by atoms with E-state index >= 15 is 0 Å². The molecule has 1 aromatic heterocycles. The third-order valence-corrected chi connectivity index (χ3v) is 6.48. The molecule has 0 radical (unpaired) electrons. The molecule has 2 aliphatic rings. The van der Waals surface area contributed by atoms with Gasteiger partial charge in [-0.2, -0.15) is 0 Å². The van der Waals surface area contributed by atoms with Gasteiger partial charge in [0.2, 0.25) is 5.75 Å². The number of fused-ring (bicyclic) bond motifs is 4. The normalized spacial score (nSPS) is 17.6. The molecule has 3 heterocycles. The maximum absolute atomic E-state index is 13.6. The number of methoxy groups -OCH3 is 2. The summed E-state index contributed by atoms with van der Waals surface area (Å²) < 4.78 is 34.2. The van der Waals surface area contributed by atoms with Crippen molar-refractivity contribution >= 4 is 22.6 Å². The molecule has 2 aliphatic heterocycles. The molecule has 188 valence electrons. The first-order valence-electron chi connectivity index (χ1n) is 11.7. The Morgan fingerprint density at radius 3 is 2.51 bits per heavy atom. The fourth-order valence-electron chi connectivity index (χ4n) is 4.78. The third-order valence-electron chi connectivity index (χ3n) is 6.48. The molecule has 1 amide bonds. The second-order valence-corrected chi connectivity index (χ2v) is 8.61. The van der Waals surface area contributed by atoms with Crippen molar-refractivity contribution < 1.29 is 32.9 Å². The van der Waals surface area contributed by atoms with E-state index in [9.17, 15) is 9.59 Å². The molecule has 0 unspecified atom stereocenters. The van der Waals surface area contributed by atoms with E-state index in [4.69, 9.17) is 28.1 Å². The van der Waals surface area contributed by atoms with Crippen LogP contribution in [0.4, 0.5) is 5.69 Å². The lowest BCUT2D eigenvalue weighted by atomic mass is 9.87. The van der Waals surface area contributed by atoms with Gasteiger partial charge in [-0.15, -0.1) is 0 Å². The van der Waals surface area contributed by atoms with Crippen molar-refractivity contribution in [3.63, 3.8) is 0 Å². The summed E-state index contributed by atoms with van der Waals surface area (Å²) in [6.07, 6.45) is -1.07. The minimum Gasteiger partial charge on any atom is -0.497 e. The lowest BCUT2D eigenvalue weighted by molar-refractivity contribution is -0.122. The van der Waals surface area contributed by atoms with E-state index in [-0.39, 0.29) is 5.56 Å². The van der Waals surface area contributed by atoms with Gasteiger partial charge < -0.3 is 33.4 Å². The van der Waals surface area contributed by atoms with Crippen molar-refractivity contribution in [1.29, 1.82) is 0 Å². The van der Waals surface area contributed by atoms with Gasteiger partial charge >= 0.3 is 5.63 Å². The van der Waals surface area contributed by atoms with E-state index in [1.807, 2.05) is 6.07 Å². The zero-order chi connectivity index (χ0) is 25.5. The highest BCUT2D eigenvalue weighted by atomic mass is 16.6. The van der Waals surface area contributed by atoms with Crippen LogP contribution in [0.1, 0.15) is 17.0 Å². The van der Waals surface area contributed by atoms with Crippen molar-refractivity contribution in [3.05, 3.63) is 82.2 Å². The molecule has 4 aromatic rings. The third kappa shape index (κ3) is 3.88. The van der Waals surface area contributed by atoms with E-state index in [2.05, 4.69) is 5.32 Å². The zero-order valence-electron chi connectivity index (χ0n) is 20.1. The van der Waals surface area contributed by atoms with Crippen molar-refractivity contribution in [2.45, 2.75) is 12.0 Å². The van der Waals surface area contributed by atoms with E-state index in [1.165, 1.54) is 7.11 Å². The largest absolute Gasteiger partial charge is 0.497 e. The summed E-state index contributed by atoms with van der Waals surface area (Å²) in [5.41, 5.74) is 1.21. The molecule has 3 aromatic carbocycles. The highest BCUT2D eigenvalue weighted by Crippen LogP contribution is 2.49. The number of hydrogen-bond acceptors (Lipinski definition) is 8. The molecule has 2 atom stereocenters. The van der Waals surface area contributed by atoms with Gasteiger partial charge in [-0.05, 0) is 54.1 Å². The van der Waals surface area contributed by atoms with E-state index in [0.717, 1.165) is 0 Å². The molecule has 37 heavy (non-hydrogen) atoms. The maximum atomic E-state index is 13.6. The van der Waals surface area contributed by atoms with Gasteiger partial charge in [0.1, 0.15) is 30.3 Å². The number of nitrogens with one attached hydrogen (secondary N) is 1. The Morgan fingerprint density at radius 1 is 0.946 bits per heavy atom. The summed E-state index contributed by atoms with van der Waals surface area (Å²) in [6, 6.07) is 17.5. The summed E-state index contributed by atoms with van der Waals surface area (Å²) in [7, 11) is 3.09. The lowest BCUT2D eigenvalue weighted by Gasteiger charge is -2.24. The van der Waals surface area contributed by atoms with Crippen LogP contribution in [0, 0.1) is 0 Å². The minimum atomic E-state index is -1.07. The highest BCUT2D eigenvalue weighted by Gasteiger charge is 2.45. The molecular formula is C28H23NO8. The zero-order valence-corrected chi connectivity index (χ0v) is 20.1. The second-order valence-electron chi connectivity index (χ2n) is 8.61. The fourth-order valence-corrected chi connectivity index (χ4v) is 4.78. The quantitative estimate of drug-likeness (QED) is 0.408. The molecule has 6 rings (SSSR count). The molecule has 0 saturated carbocycles. The van der Waals surface area contributed by atoms with Crippen LogP contribution in [0.2, 0.25) is 0 Å². The van der Waals surface area contributed by atoms with E-state index in [0.29, 0.717) is 64.2 Å². The number of para-hydroxylation sites is 1. The summed E-state index contributed by atoms with van der Waals surface area (Å²) in [5, 5.41) is 3.49. The Bertz CT molecular complexity index is 1540. The van der Waals surface area contributed by atoms with Gasteiger partial charge in [0.15, 0.2) is 17.6 Å². The van der Waals surface area contributed by atoms with Crippen LogP contribution in [0.5, 0.6) is 28.7 Å². The average Bonchev–Trinajstić information content (AvgIpc) is 3.35. The number of hydrogen-bond donors (Lipinski definition) is 1. The molecule has 0 spiro atoms. The van der Waals surface area contributed by atoms with Gasteiger partial charge in [0.05, 0.1) is 31.1 Å². The molecule has 1 N–H and O–H groups in total. The molecule has 0 bridgehead atoms. The van der Waals surface area contributed by atoms with Crippen molar-refractivity contribution in [3.8, 4) is 28.7 Å². The topological polar surface area (TPSA) is 105 Å². The van der Waals surface area contributed by atoms with Gasteiger partial charge in [-0.3, -0.25) is 4.79 Å². The summed E-state index contributed by atoms with van der Waals surface area (Å²) in [4.78, 5) is 26.9. The molecule has 0 aliphatic carbocycles. The minimum absolute atomic E-state index is 0.257. The second kappa shape index (κ2) is 9.09. The predicted molar refractivity (Wildman–Crippen MR) is 134 cm³/mol. The van der Waals surface area contributed by atoms with Crippen LogP contribution < -0.4 is 34.6 Å². The van der Waals surface area contributed by atoms with Gasteiger partial charge in [0, 0.05) is 5.69 Å². The van der Waals surface area contributed by atoms with Crippen LogP contribution in [0.3, 0.4) is 0 Å². The van der Waals surface area contributed by atoms with Crippen molar-refractivity contribution in [2.24, 2.45) is 0 Å². The Labute approximate surface area is 211 Å². The van der Waals surface area contributed by atoms with E-state index in [1.54, 1.807) is 61.7 Å². The molecule has 9 nitrogen and oxygen atoms in total. The number of ether oxygens (including phenoxy) is 5. The highest BCUT2D eigenvalue weighted by molar-refractivity contribution is 5.97. The number of amides is 1. The van der Waals surface area contributed by atoms with Gasteiger partial charge in [-0.1, -0.05) is 12.1 Å². The number of carbonyl (C=O) groups is 1. The van der Waals surface area contributed by atoms with Gasteiger partial charge in [0.25, 0.3) is 5.91 Å². The monoisotopic (exact) mass is 501 g/mol. The van der Waals surface area contributed by atoms with E-state index < -0.39 is 23.6 Å². The van der Waals surface area contributed by atoms with Crippen LogP contribution in [-0.4, -0.2) is 39.4 Å². The molecule has 9 heteroatoms. The van der Waals surface area contributed by atoms with Crippen LogP contribution in [-0.2, 0) is 4.79 Å². The van der Waals surface area contributed by atoms with Gasteiger partial charge in [-0.25, -0.2) is 4.79 Å². The van der Waals surface area contributed by atoms with Crippen LogP contribution in [0.15, 0.2) is 69.9 Å².